The number of carbonyl (C=O) groups is 1. The van der Waals surface area contributed by atoms with Crippen LogP contribution in [-0.4, -0.2) is 37.3 Å². The molecule has 3 aromatic rings. The number of methoxy groups -OCH3 is 1. The average molecular weight is 492 g/mol. The minimum atomic E-state index is -4.67. The van der Waals surface area contributed by atoms with Gasteiger partial charge in [0.1, 0.15) is 5.75 Å². The largest absolute Gasteiger partial charge is 0.497 e. The van der Waals surface area contributed by atoms with E-state index in [9.17, 15) is 22.8 Å². The van der Waals surface area contributed by atoms with Crippen LogP contribution < -0.4 is 10.3 Å². The monoisotopic (exact) mass is 491 g/mol. The molecule has 0 N–H and O–H groups in total. The highest BCUT2D eigenvalue weighted by atomic mass is 19.4. The average Bonchev–Trinajstić information content (AvgIpc) is 3.31. The van der Waals surface area contributed by atoms with Gasteiger partial charge in [-0.1, -0.05) is 24.5 Å². The number of nitrogens with zero attached hydrogens (tertiary/aromatic N) is 5. The predicted molar refractivity (Wildman–Crippen MR) is 122 cm³/mol. The number of ether oxygens (including phenoxy) is 1. The SMILES string of the molecule is COc1ccc(-n2nnc(C(=O)Cc3c(C)n(C)n(C4CCCCC4)c3=O)c2C)c(C(F)(F)F)c1. The highest BCUT2D eigenvalue weighted by Gasteiger charge is 2.36. The molecular formula is C24H28F3N5O3. The molecule has 1 aliphatic rings. The topological polar surface area (TPSA) is 83.9 Å². The summed E-state index contributed by atoms with van der Waals surface area (Å²) < 4.78 is 50.5. The lowest BCUT2D eigenvalue weighted by Crippen LogP contribution is -2.29. The third-order valence-corrected chi connectivity index (χ3v) is 6.87. The summed E-state index contributed by atoms with van der Waals surface area (Å²) in [5.41, 5.74) is -0.278. The fourth-order valence-corrected chi connectivity index (χ4v) is 4.84. The zero-order valence-corrected chi connectivity index (χ0v) is 20.1. The molecule has 1 aliphatic carbocycles. The molecule has 0 atom stereocenters. The van der Waals surface area contributed by atoms with E-state index >= 15 is 0 Å². The van der Waals surface area contributed by atoms with Crippen LogP contribution in [0.5, 0.6) is 5.75 Å². The third-order valence-electron chi connectivity index (χ3n) is 6.87. The van der Waals surface area contributed by atoms with E-state index in [0.29, 0.717) is 11.3 Å². The molecule has 0 spiro atoms. The maximum absolute atomic E-state index is 13.7. The lowest BCUT2D eigenvalue weighted by molar-refractivity contribution is -0.137. The number of alkyl halides is 3. The van der Waals surface area contributed by atoms with Gasteiger partial charge in [0.2, 0.25) is 0 Å². The molecule has 2 heterocycles. The lowest BCUT2D eigenvalue weighted by Gasteiger charge is -2.24. The van der Waals surface area contributed by atoms with Crippen molar-refractivity contribution < 1.29 is 22.7 Å². The normalized spacial score (nSPS) is 14.9. The number of rotatable bonds is 6. The van der Waals surface area contributed by atoms with Crippen LogP contribution in [0.15, 0.2) is 23.0 Å². The molecule has 0 bridgehead atoms. The molecule has 0 unspecified atom stereocenters. The van der Waals surface area contributed by atoms with Crippen LogP contribution in [0, 0.1) is 13.8 Å². The fourth-order valence-electron chi connectivity index (χ4n) is 4.84. The summed E-state index contributed by atoms with van der Waals surface area (Å²) in [6.07, 6.45) is 0.235. The molecule has 0 aliphatic heterocycles. The molecule has 11 heteroatoms. The van der Waals surface area contributed by atoms with Crippen LogP contribution in [0.25, 0.3) is 5.69 Å². The van der Waals surface area contributed by atoms with Crippen molar-refractivity contribution in [2.45, 2.75) is 64.6 Å². The Hall–Kier alpha value is -3.37. The zero-order chi connectivity index (χ0) is 25.5. The summed E-state index contributed by atoms with van der Waals surface area (Å²) in [7, 11) is 3.09. The Balaban J connectivity index is 1.67. The maximum atomic E-state index is 13.7. The van der Waals surface area contributed by atoms with Crippen LogP contribution in [0.2, 0.25) is 0 Å². The quantitative estimate of drug-likeness (QED) is 0.479. The molecule has 35 heavy (non-hydrogen) atoms. The van der Waals surface area contributed by atoms with E-state index in [1.165, 1.54) is 26.2 Å². The van der Waals surface area contributed by atoms with Crippen molar-refractivity contribution >= 4 is 5.78 Å². The van der Waals surface area contributed by atoms with Gasteiger partial charge in [-0.2, -0.15) is 13.2 Å². The summed E-state index contributed by atoms with van der Waals surface area (Å²) >= 11 is 0. The van der Waals surface area contributed by atoms with Crippen molar-refractivity contribution in [2.24, 2.45) is 7.05 Å². The van der Waals surface area contributed by atoms with Gasteiger partial charge in [0, 0.05) is 24.7 Å². The van der Waals surface area contributed by atoms with Crippen molar-refractivity contribution in [3.05, 3.63) is 56.8 Å². The summed E-state index contributed by atoms with van der Waals surface area (Å²) in [5, 5.41) is 7.72. The van der Waals surface area contributed by atoms with Crippen LogP contribution in [0.4, 0.5) is 13.2 Å². The van der Waals surface area contributed by atoms with E-state index in [1.54, 1.807) is 16.3 Å². The minimum absolute atomic E-state index is 0.0453. The van der Waals surface area contributed by atoms with E-state index in [1.807, 2.05) is 7.05 Å². The molecule has 1 saturated carbocycles. The van der Waals surface area contributed by atoms with Gasteiger partial charge in [0.25, 0.3) is 5.56 Å². The second-order valence-corrected chi connectivity index (χ2v) is 8.95. The second kappa shape index (κ2) is 9.35. The van der Waals surface area contributed by atoms with E-state index in [4.69, 9.17) is 4.74 Å². The van der Waals surface area contributed by atoms with Gasteiger partial charge in [-0.15, -0.1) is 5.10 Å². The minimum Gasteiger partial charge on any atom is -0.497 e. The van der Waals surface area contributed by atoms with Gasteiger partial charge in [-0.05, 0) is 44.9 Å². The maximum Gasteiger partial charge on any atom is 0.418 e. The molecule has 1 aromatic carbocycles. The third kappa shape index (κ3) is 4.51. The van der Waals surface area contributed by atoms with Crippen molar-refractivity contribution in [1.29, 1.82) is 0 Å². The zero-order valence-electron chi connectivity index (χ0n) is 20.1. The van der Waals surface area contributed by atoms with E-state index in [-0.39, 0.29) is 40.8 Å². The van der Waals surface area contributed by atoms with Gasteiger partial charge in [0.15, 0.2) is 11.5 Å². The summed E-state index contributed by atoms with van der Waals surface area (Å²) in [6.45, 7) is 3.27. The van der Waals surface area contributed by atoms with E-state index in [0.717, 1.165) is 42.9 Å². The summed E-state index contributed by atoms with van der Waals surface area (Å²) in [6, 6.07) is 3.58. The van der Waals surface area contributed by atoms with Crippen LogP contribution >= 0.6 is 0 Å². The van der Waals surface area contributed by atoms with Crippen LogP contribution in [0.3, 0.4) is 0 Å². The number of Topliss-reactive ketones (excluding diaryl/α,β-unsaturated/α-hetero) is 1. The number of aromatic nitrogens is 5. The van der Waals surface area contributed by atoms with Crippen LogP contribution in [-0.2, 0) is 19.6 Å². The molecule has 0 saturated heterocycles. The highest BCUT2D eigenvalue weighted by molar-refractivity contribution is 5.96. The molecule has 0 radical (unpaired) electrons. The number of benzene rings is 1. The van der Waals surface area contributed by atoms with Gasteiger partial charge in [-0.3, -0.25) is 14.3 Å². The Morgan fingerprint density at radius 1 is 1.14 bits per heavy atom. The number of halogens is 3. The first-order valence-corrected chi connectivity index (χ1v) is 11.5. The Morgan fingerprint density at radius 3 is 2.46 bits per heavy atom. The van der Waals surface area contributed by atoms with Gasteiger partial charge in [-0.25, -0.2) is 9.36 Å². The summed E-state index contributed by atoms with van der Waals surface area (Å²) in [4.78, 5) is 26.4. The fraction of sp³-hybridized carbons (Fsp3) is 0.500. The Bertz CT molecular complexity index is 1310. The number of ketones is 1. The van der Waals surface area contributed by atoms with Crippen molar-refractivity contribution in [1.82, 2.24) is 24.4 Å². The van der Waals surface area contributed by atoms with E-state index < -0.39 is 17.5 Å². The number of hydrogen-bond donors (Lipinski definition) is 0. The number of hydrogen-bond acceptors (Lipinski definition) is 5. The van der Waals surface area contributed by atoms with Crippen LogP contribution in [0.1, 0.15) is 71.1 Å². The number of carbonyl (C=O) groups excluding carboxylic acids is 1. The van der Waals surface area contributed by atoms with Gasteiger partial charge < -0.3 is 4.74 Å². The molecule has 8 nitrogen and oxygen atoms in total. The van der Waals surface area contributed by atoms with Gasteiger partial charge in [0.05, 0.1) is 30.1 Å². The smallest absolute Gasteiger partial charge is 0.418 e. The lowest BCUT2D eigenvalue weighted by atomic mass is 9.96. The second-order valence-electron chi connectivity index (χ2n) is 8.95. The molecule has 0 amide bonds. The molecule has 4 rings (SSSR count). The molecule has 1 fully saturated rings. The Morgan fingerprint density at radius 2 is 1.83 bits per heavy atom. The predicted octanol–water partition coefficient (Wildman–Crippen LogP) is 4.34. The highest BCUT2D eigenvalue weighted by Crippen LogP contribution is 2.36. The van der Waals surface area contributed by atoms with Crippen molar-refractivity contribution in [3.63, 3.8) is 0 Å². The first-order chi connectivity index (χ1) is 16.5. The standard InChI is InChI=1S/C24H28F3N5O3/c1-14-18(23(34)32(30(14)3)16-8-6-5-7-9-16)13-21(33)22-15(2)31(29-28-22)20-11-10-17(35-4)12-19(20)24(25,26)27/h10-12,16H,5-9,13H2,1-4H3. The van der Waals surface area contributed by atoms with Gasteiger partial charge >= 0.3 is 6.18 Å². The molecule has 188 valence electrons. The van der Waals surface area contributed by atoms with Crippen molar-refractivity contribution in [2.75, 3.05) is 7.11 Å². The first-order valence-electron chi connectivity index (χ1n) is 11.5. The van der Waals surface area contributed by atoms with E-state index in [2.05, 4.69) is 10.3 Å². The Labute approximate surface area is 200 Å². The Kier molecular flexibility index (Phi) is 6.61. The molecule has 2 aromatic heterocycles. The van der Waals surface area contributed by atoms with Crippen molar-refractivity contribution in [3.8, 4) is 11.4 Å². The molecular weight excluding hydrogens is 463 g/mol. The summed E-state index contributed by atoms with van der Waals surface area (Å²) in [5.74, 6) is -0.429. The first kappa shape index (κ1) is 24.7.